The van der Waals surface area contributed by atoms with Crippen LogP contribution < -0.4 is 0 Å². The SMILES string of the molecule is CC(C)(C)c1cccc(/C=C/B2OC(C)(C)C(C)(C)O2)n1. The van der Waals surface area contributed by atoms with E-state index in [0.717, 1.165) is 11.4 Å². The van der Waals surface area contributed by atoms with Crippen molar-refractivity contribution in [3.8, 4) is 0 Å². The van der Waals surface area contributed by atoms with Crippen molar-refractivity contribution in [3.63, 3.8) is 0 Å². The molecule has 2 heterocycles. The zero-order valence-corrected chi connectivity index (χ0v) is 14.2. The van der Waals surface area contributed by atoms with E-state index in [1.165, 1.54) is 0 Å². The number of nitrogens with zero attached hydrogens (tertiary/aromatic N) is 1. The van der Waals surface area contributed by atoms with E-state index in [-0.39, 0.29) is 23.7 Å². The minimum absolute atomic E-state index is 0.0498. The molecule has 1 fully saturated rings. The van der Waals surface area contributed by atoms with Crippen LogP contribution >= 0.6 is 0 Å². The Balaban J connectivity index is 2.13. The van der Waals surface area contributed by atoms with Crippen molar-refractivity contribution in [3.05, 3.63) is 35.6 Å². The van der Waals surface area contributed by atoms with Gasteiger partial charge in [-0.2, -0.15) is 0 Å². The summed E-state index contributed by atoms with van der Waals surface area (Å²) in [6, 6.07) is 6.10. The summed E-state index contributed by atoms with van der Waals surface area (Å²) in [4.78, 5) is 4.68. The van der Waals surface area contributed by atoms with Gasteiger partial charge in [0.1, 0.15) is 0 Å². The van der Waals surface area contributed by atoms with Crippen LogP contribution in [0.4, 0.5) is 0 Å². The highest BCUT2D eigenvalue weighted by molar-refractivity contribution is 6.52. The molecule has 0 aliphatic carbocycles. The third-order valence-electron chi connectivity index (χ3n) is 4.23. The van der Waals surface area contributed by atoms with Gasteiger partial charge in [0, 0.05) is 11.1 Å². The third kappa shape index (κ3) is 3.56. The molecule has 0 bridgehead atoms. The maximum absolute atomic E-state index is 5.95. The first-order valence-corrected chi connectivity index (χ1v) is 7.53. The van der Waals surface area contributed by atoms with Crippen LogP contribution in [0.1, 0.15) is 59.9 Å². The number of aromatic nitrogens is 1. The second kappa shape index (κ2) is 5.26. The van der Waals surface area contributed by atoms with Crippen molar-refractivity contribution < 1.29 is 9.31 Å². The molecule has 1 aliphatic rings. The van der Waals surface area contributed by atoms with Crippen molar-refractivity contribution in [2.45, 2.75) is 65.1 Å². The van der Waals surface area contributed by atoms with Crippen molar-refractivity contribution in [1.29, 1.82) is 0 Å². The Kier molecular flexibility index (Phi) is 4.07. The summed E-state index contributed by atoms with van der Waals surface area (Å²) in [6.07, 6.45) is 1.97. The fourth-order valence-corrected chi connectivity index (χ4v) is 2.11. The second-order valence-corrected chi connectivity index (χ2v) is 7.68. The lowest BCUT2D eigenvalue weighted by atomic mass is 9.89. The van der Waals surface area contributed by atoms with E-state index in [1.807, 2.05) is 24.2 Å². The molecule has 0 amide bonds. The zero-order valence-electron chi connectivity index (χ0n) is 14.2. The number of pyridine rings is 1. The first kappa shape index (κ1) is 16.2. The first-order valence-electron chi connectivity index (χ1n) is 7.53. The van der Waals surface area contributed by atoms with E-state index in [1.54, 1.807) is 0 Å². The van der Waals surface area contributed by atoms with E-state index < -0.39 is 0 Å². The van der Waals surface area contributed by atoms with Crippen LogP contribution in [0.5, 0.6) is 0 Å². The van der Waals surface area contributed by atoms with E-state index >= 15 is 0 Å². The third-order valence-corrected chi connectivity index (χ3v) is 4.23. The lowest BCUT2D eigenvalue weighted by Crippen LogP contribution is -2.41. The zero-order chi connectivity index (χ0) is 15.9. The molecule has 1 aromatic heterocycles. The van der Waals surface area contributed by atoms with Gasteiger partial charge in [-0.15, -0.1) is 0 Å². The molecule has 114 valence electrons. The van der Waals surface area contributed by atoms with Gasteiger partial charge in [0.05, 0.1) is 16.9 Å². The summed E-state index contributed by atoms with van der Waals surface area (Å²) in [6.45, 7) is 14.7. The minimum atomic E-state index is -0.324. The van der Waals surface area contributed by atoms with E-state index in [2.05, 4.69) is 59.5 Å². The predicted molar refractivity (Wildman–Crippen MR) is 88.1 cm³/mol. The molecule has 0 atom stereocenters. The molecule has 0 radical (unpaired) electrons. The minimum Gasteiger partial charge on any atom is -0.400 e. The summed E-state index contributed by atoms with van der Waals surface area (Å²) in [5, 5.41) is 0. The lowest BCUT2D eigenvalue weighted by molar-refractivity contribution is 0.00578. The first-order chi connectivity index (χ1) is 9.51. The fourth-order valence-electron chi connectivity index (χ4n) is 2.11. The van der Waals surface area contributed by atoms with Crippen molar-refractivity contribution in [2.75, 3.05) is 0 Å². The van der Waals surface area contributed by atoms with Gasteiger partial charge in [-0.1, -0.05) is 32.8 Å². The molecule has 2 rings (SSSR count). The molecule has 3 nitrogen and oxygen atoms in total. The normalized spacial score (nSPS) is 21.2. The maximum atomic E-state index is 5.95. The highest BCUT2D eigenvalue weighted by atomic mass is 16.7. The molecule has 0 aromatic carbocycles. The van der Waals surface area contributed by atoms with Crippen molar-refractivity contribution in [2.24, 2.45) is 0 Å². The van der Waals surface area contributed by atoms with Gasteiger partial charge in [0.15, 0.2) is 0 Å². The Bertz CT molecular complexity index is 528. The van der Waals surface area contributed by atoms with Gasteiger partial charge in [0.25, 0.3) is 0 Å². The molecule has 0 N–H and O–H groups in total. The van der Waals surface area contributed by atoms with E-state index in [4.69, 9.17) is 9.31 Å². The monoisotopic (exact) mass is 287 g/mol. The van der Waals surface area contributed by atoms with Gasteiger partial charge in [-0.25, -0.2) is 0 Å². The average Bonchev–Trinajstić information content (AvgIpc) is 2.55. The van der Waals surface area contributed by atoms with Gasteiger partial charge in [-0.3, -0.25) is 4.98 Å². The van der Waals surface area contributed by atoms with Gasteiger partial charge >= 0.3 is 7.12 Å². The molecule has 0 unspecified atom stereocenters. The smallest absolute Gasteiger partial charge is 0.400 e. The summed E-state index contributed by atoms with van der Waals surface area (Å²) in [7, 11) is -0.324. The van der Waals surface area contributed by atoms with Crippen LogP contribution in [0.2, 0.25) is 0 Å². The van der Waals surface area contributed by atoms with Crippen LogP contribution in [-0.4, -0.2) is 23.3 Å². The van der Waals surface area contributed by atoms with Gasteiger partial charge < -0.3 is 9.31 Å². The van der Waals surface area contributed by atoms with Crippen LogP contribution in [-0.2, 0) is 14.7 Å². The van der Waals surface area contributed by atoms with Gasteiger partial charge in [0.2, 0.25) is 0 Å². The lowest BCUT2D eigenvalue weighted by Gasteiger charge is -2.32. The van der Waals surface area contributed by atoms with Crippen LogP contribution in [0.3, 0.4) is 0 Å². The Morgan fingerprint density at radius 3 is 2.14 bits per heavy atom. The molecular formula is C17H26BNO2. The van der Waals surface area contributed by atoms with Crippen molar-refractivity contribution >= 4 is 13.2 Å². The fraction of sp³-hybridized carbons (Fsp3) is 0.588. The van der Waals surface area contributed by atoms with Crippen molar-refractivity contribution in [1.82, 2.24) is 4.98 Å². The molecule has 4 heteroatoms. The second-order valence-electron chi connectivity index (χ2n) is 7.68. The molecule has 1 saturated heterocycles. The topological polar surface area (TPSA) is 31.4 Å². The molecule has 0 saturated carbocycles. The summed E-state index contributed by atoms with van der Waals surface area (Å²) >= 11 is 0. The van der Waals surface area contributed by atoms with Gasteiger partial charge in [-0.05, 0) is 45.9 Å². The summed E-state index contributed by atoms with van der Waals surface area (Å²) in [5.41, 5.74) is 1.45. The number of rotatable bonds is 2. The van der Waals surface area contributed by atoms with Crippen LogP contribution in [0.15, 0.2) is 24.2 Å². The quantitative estimate of drug-likeness (QED) is 0.770. The Morgan fingerprint density at radius 2 is 1.62 bits per heavy atom. The molecule has 1 aromatic rings. The number of hydrogen-bond acceptors (Lipinski definition) is 3. The standard InChI is InChI=1S/C17H26BNO2/c1-15(2,3)14-10-8-9-13(19-14)11-12-18-20-16(4,5)17(6,7)21-18/h8-12H,1-7H3/b12-11+. The highest BCUT2D eigenvalue weighted by Crippen LogP contribution is 2.37. The highest BCUT2D eigenvalue weighted by Gasteiger charge is 2.50. The van der Waals surface area contributed by atoms with Crippen LogP contribution in [0, 0.1) is 0 Å². The Labute approximate surface area is 128 Å². The molecular weight excluding hydrogens is 261 g/mol. The molecule has 21 heavy (non-hydrogen) atoms. The Hall–Kier alpha value is -1.13. The van der Waals surface area contributed by atoms with E-state index in [9.17, 15) is 0 Å². The number of hydrogen-bond donors (Lipinski definition) is 0. The van der Waals surface area contributed by atoms with Crippen LogP contribution in [0.25, 0.3) is 6.08 Å². The largest absolute Gasteiger partial charge is 0.487 e. The van der Waals surface area contributed by atoms with E-state index in [0.29, 0.717) is 0 Å². The predicted octanol–water partition coefficient (Wildman–Crippen LogP) is 4.02. The summed E-state index contributed by atoms with van der Waals surface area (Å²) < 4.78 is 11.9. The summed E-state index contributed by atoms with van der Waals surface area (Å²) in [5.74, 6) is 1.94. The molecule has 1 aliphatic heterocycles. The average molecular weight is 287 g/mol. The maximum Gasteiger partial charge on any atom is 0.487 e. The molecule has 0 spiro atoms. The Morgan fingerprint density at radius 1 is 1.05 bits per heavy atom.